The van der Waals surface area contributed by atoms with Gasteiger partial charge in [-0.05, 0) is 38.4 Å². The van der Waals surface area contributed by atoms with Gasteiger partial charge in [-0.25, -0.2) is 0 Å². The van der Waals surface area contributed by atoms with Crippen LogP contribution in [-0.4, -0.2) is 45.0 Å². The molecule has 0 bridgehead atoms. The lowest BCUT2D eigenvalue weighted by Gasteiger charge is -2.34. The Bertz CT molecular complexity index is 333. The molecular weight excluding hydrogens is 250 g/mol. The molecule has 102 valence electrons. The Labute approximate surface area is 112 Å². The Morgan fingerprint density at radius 3 is 2.50 bits per heavy atom. The van der Waals surface area contributed by atoms with Crippen molar-refractivity contribution in [1.82, 2.24) is 4.90 Å². The number of nitrogens with zero attached hydrogens (tertiary/aromatic N) is 1. The summed E-state index contributed by atoms with van der Waals surface area (Å²) in [7, 11) is 0. The molecule has 1 amide bonds. The number of carbonyl (C=O) groups is 2. The second-order valence-corrected chi connectivity index (χ2v) is 7.05. The van der Waals surface area contributed by atoms with E-state index < -0.39 is 10.7 Å². The van der Waals surface area contributed by atoms with Crippen LogP contribution in [0.5, 0.6) is 0 Å². The SMILES string of the molecule is CC1(C(=O)N(CC(=O)O)C2CCCC2)CCCS1. The zero-order chi connectivity index (χ0) is 13.2. The summed E-state index contributed by atoms with van der Waals surface area (Å²) in [5, 5.41) is 9.02. The zero-order valence-electron chi connectivity index (χ0n) is 10.9. The fraction of sp³-hybridized carbons (Fsp3) is 0.846. The smallest absolute Gasteiger partial charge is 0.323 e. The van der Waals surface area contributed by atoms with Crippen LogP contribution in [0.3, 0.4) is 0 Å². The topological polar surface area (TPSA) is 57.6 Å². The maximum atomic E-state index is 12.6. The van der Waals surface area contributed by atoms with Gasteiger partial charge in [-0.2, -0.15) is 0 Å². The molecule has 1 atom stereocenters. The molecule has 4 nitrogen and oxygen atoms in total. The van der Waals surface area contributed by atoms with E-state index in [1.807, 2.05) is 6.92 Å². The van der Waals surface area contributed by atoms with Gasteiger partial charge in [0.15, 0.2) is 0 Å². The molecule has 5 heteroatoms. The van der Waals surface area contributed by atoms with Crippen molar-refractivity contribution in [2.45, 2.75) is 56.2 Å². The highest BCUT2D eigenvalue weighted by Crippen LogP contribution is 2.40. The van der Waals surface area contributed by atoms with E-state index in [-0.39, 0.29) is 18.5 Å². The molecule has 2 fully saturated rings. The molecule has 18 heavy (non-hydrogen) atoms. The Kier molecular flexibility index (Phi) is 4.20. The van der Waals surface area contributed by atoms with Gasteiger partial charge in [0.1, 0.15) is 6.54 Å². The van der Waals surface area contributed by atoms with E-state index in [9.17, 15) is 9.59 Å². The summed E-state index contributed by atoms with van der Waals surface area (Å²) < 4.78 is -0.391. The van der Waals surface area contributed by atoms with Crippen LogP contribution in [0.4, 0.5) is 0 Å². The lowest BCUT2D eigenvalue weighted by atomic mass is 10.0. The van der Waals surface area contributed by atoms with Crippen LogP contribution in [0.2, 0.25) is 0 Å². The number of hydrogen-bond acceptors (Lipinski definition) is 3. The first-order chi connectivity index (χ1) is 8.53. The lowest BCUT2D eigenvalue weighted by molar-refractivity contribution is -0.147. The summed E-state index contributed by atoms with van der Waals surface area (Å²) in [6.45, 7) is 1.83. The van der Waals surface area contributed by atoms with Gasteiger partial charge in [0.2, 0.25) is 5.91 Å². The largest absolute Gasteiger partial charge is 0.480 e. The Balaban J connectivity index is 2.11. The number of hydrogen-bond donors (Lipinski definition) is 1. The summed E-state index contributed by atoms with van der Waals surface area (Å²) >= 11 is 1.68. The van der Waals surface area contributed by atoms with Crippen molar-refractivity contribution in [3.05, 3.63) is 0 Å². The molecule has 1 saturated heterocycles. The fourth-order valence-electron chi connectivity index (χ4n) is 2.98. The van der Waals surface area contributed by atoms with Crippen molar-refractivity contribution < 1.29 is 14.7 Å². The first kappa shape index (κ1) is 13.7. The van der Waals surface area contributed by atoms with E-state index >= 15 is 0 Å². The number of rotatable bonds is 4. The van der Waals surface area contributed by atoms with Crippen molar-refractivity contribution >= 4 is 23.6 Å². The molecule has 0 spiro atoms. The van der Waals surface area contributed by atoms with Gasteiger partial charge >= 0.3 is 5.97 Å². The van der Waals surface area contributed by atoms with E-state index in [0.29, 0.717) is 0 Å². The van der Waals surface area contributed by atoms with Crippen LogP contribution in [0.15, 0.2) is 0 Å². The van der Waals surface area contributed by atoms with Crippen LogP contribution < -0.4 is 0 Å². The molecule has 1 heterocycles. The number of amides is 1. The third kappa shape index (κ3) is 2.82. The van der Waals surface area contributed by atoms with Gasteiger partial charge in [0.05, 0.1) is 4.75 Å². The zero-order valence-corrected chi connectivity index (χ0v) is 11.7. The molecule has 1 aliphatic heterocycles. The van der Waals surface area contributed by atoms with Gasteiger partial charge in [0.25, 0.3) is 0 Å². The molecule has 2 aliphatic rings. The Morgan fingerprint density at radius 1 is 1.33 bits per heavy atom. The quantitative estimate of drug-likeness (QED) is 0.851. The number of carboxylic acids is 1. The summed E-state index contributed by atoms with van der Waals surface area (Å²) in [4.78, 5) is 25.3. The molecule has 0 radical (unpaired) electrons. The van der Waals surface area contributed by atoms with Crippen LogP contribution in [0, 0.1) is 0 Å². The maximum Gasteiger partial charge on any atom is 0.323 e. The van der Waals surface area contributed by atoms with Gasteiger partial charge in [0, 0.05) is 6.04 Å². The minimum atomic E-state index is -0.901. The average molecular weight is 271 g/mol. The first-order valence-corrected chi connectivity index (χ1v) is 7.68. The predicted octanol–water partition coefficient (Wildman–Crippen LogP) is 2.13. The van der Waals surface area contributed by atoms with Crippen LogP contribution in [0.25, 0.3) is 0 Å². The number of carboxylic acid groups (broad SMARTS) is 1. The van der Waals surface area contributed by atoms with Gasteiger partial charge in [-0.1, -0.05) is 12.8 Å². The molecule has 2 rings (SSSR count). The van der Waals surface area contributed by atoms with Crippen molar-refractivity contribution in [3.63, 3.8) is 0 Å². The third-order valence-electron chi connectivity index (χ3n) is 4.00. The highest BCUT2D eigenvalue weighted by Gasteiger charge is 2.42. The van der Waals surface area contributed by atoms with Crippen LogP contribution >= 0.6 is 11.8 Å². The molecular formula is C13H21NO3S. The second-order valence-electron chi connectivity index (χ2n) is 5.45. The van der Waals surface area contributed by atoms with E-state index in [1.54, 1.807) is 16.7 Å². The van der Waals surface area contributed by atoms with Gasteiger partial charge < -0.3 is 10.0 Å². The van der Waals surface area contributed by atoms with Crippen molar-refractivity contribution in [2.24, 2.45) is 0 Å². The molecule has 1 aliphatic carbocycles. The number of thioether (sulfide) groups is 1. The van der Waals surface area contributed by atoms with Gasteiger partial charge in [-0.15, -0.1) is 11.8 Å². The molecule has 1 unspecified atom stereocenters. The predicted molar refractivity (Wildman–Crippen MR) is 71.7 cm³/mol. The minimum absolute atomic E-state index is 0.0410. The standard InChI is InChI=1S/C13H21NO3S/c1-13(7-4-8-18-13)12(17)14(9-11(15)16)10-5-2-3-6-10/h10H,2-9H2,1H3,(H,15,16). The van der Waals surface area contributed by atoms with E-state index in [1.165, 1.54) is 0 Å². The van der Waals surface area contributed by atoms with Crippen molar-refractivity contribution in [3.8, 4) is 0 Å². The van der Waals surface area contributed by atoms with E-state index in [4.69, 9.17) is 5.11 Å². The van der Waals surface area contributed by atoms with Crippen LogP contribution in [0.1, 0.15) is 45.4 Å². The fourth-order valence-corrected chi connectivity index (χ4v) is 4.25. The summed E-state index contributed by atoms with van der Waals surface area (Å²) in [5.41, 5.74) is 0. The molecule has 0 aromatic heterocycles. The van der Waals surface area contributed by atoms with Gasteiger partial charge in [-0.3, -0.25) is 9.59 Å². The second kappa shape index (κ2) is 5.51. The number of aliphatic carboxylic acids is 1. The number of carbonyl (C=O) groups excluding carboxylic acids is 1. The highest BCUT2D eigenvalue weighted by molar-refractivity contribution is 8.01. The van der Waals surface area contributed by atoms with Crippen molar-refractivity contribution in [1.29, 1.82) is 0 Å². The summed E-state index contributed by atoms with van der Waals surface area (Å²) in [6, 6.07) is 0.145. The van der Waals surface area contributed by atoms with Crippen LogP contribution in [-0.2, 0) is 9.59 Å². The van der Waals surface area contributed by atoms with E-state index in [2.05, 4.69) is 0 Å². The Morgan fingerprint density at radius 2 is 2.00 bits per heavy atom. The average Bonchev–Trinajstić information content (AvgIpc) is 2.96. The molecule has 1 saturated carbocycles. The lowest BCUT2D eigenvalue weighted by Crippen LogP contribution is -2.50. The van der Waals surface area contributed by atoms with E-state index in [0.717, 1.165) is 44.3 Å². The normalized spacial score (nSPS) is 28.5. The first-order valence-electron chi connectivity index (χ1n) is 6.70. The Hall–Kier alpha value is -0.710. The highest BCUT2D eigenvalue weighted by atomic mass is 32.2. The minimum Gasteiger partial charge on any atom is -0.480 e. The van der Waals surface area contributed by atoms with Crippen molar-refractivity contribution in [2.75, 3.05) is 12.3 Å². The summed E-state index contributed by atoms with van der Waals surface area (Å²) in [6.07, 6.45) is 6.06. The molecule has 0 aromatic rings. The third-order valence-corrected chi connectivity index (χ3v) is 5.51. The molecule has 1 N–H and O–H groups in total. The molecule has 0 aromatic carbocycles. The monoisotopic (exact) mass is 271 g/mol. The summed E-state index contributed by atoms with van der Waals surface area (Å²) in [5.74, 6) is 0.148. The maximum absolute atomic E-state index is 12.6.